The van der Waals surface area contributed by atoms with E-state index >= 15 is 0 Å². The smallest absolute Gasteiger partial charge is 0.306 e. The van der Waals surface area contributed by atoms with Gasteiger partial charge in [-0.2, -0.15) is 0 Å². The number of allylic oxidation sites excluding steroid dienone is 1. The molecule has 0 unspecified atom stereocenters. The highest BCUT2D eigenvalue weighted by Crippen LogP contribution is 2.65. The van der Waals surface area contributed by atoms with Gasteiger partial charge < -0.3 is 4.74 Å². The number of unbranched alkanes of at least 4 members (excludes halogenated alkanes) is 5. The van der Waals surface area contributed by atoms with Gasteiger partial charge in [-0.15, -0.1) is 0 Å². The van der Waals surface area contributed by atoms with Crippen LogP contribution in [0.2, 0.25) is 0 Å². The minimum absolute atomic E-state index is 0.0369. The molecule has 0 radical (unpaired) electrons. The Balaban J connectivity index is 1.39. The Hall–Kier alpha value is -1.12. The van der Waals surface area contributed by atoms with Crippen molar-refractivity contribution in [2.45, 2.75) is 117 Å². The van der Waals surface area contributed by atoms with Gasteiger partial charge in [-0.3, -0.25) is 9.59 Å². The standard InChI is InChI=1S/C29H46O3/c1-5-6-7-8-9-10-11-26(31)32-25-15-14-24-28-19(2)16-21-17-22(30)12-13-23(21)27(28)20(3)18-29(24,25)4/h17,19-20,23-25,27-28H,5-16,18H2,1-4H3/t19-,20+,23+,24+,25+,27-,28+,29+/m1/s1. The molecule has 180 valence electrons. The van der Waals surface area contributed by atoms with E-state index < -0.39 is 0 Å². The maximum atomic E-state index is 12.7. The number of ether oxygens (including phenoxy) is 1. The Morgan fingerprint density at radius 1 is 1.03 bits per heavy atom. The van der Waals surface area contributed by atoms with E-state index in [0.717, 1.165) is 44.9 Å². The average molecular weight is 443 g/mol. The molecule has 3 fully saturated rings. The molecular weight excluding hydrogens is 396 g/mol. The third kappa shape index (κ3) is 4.60. The molecule has 0 bridgehead atoms. The molecule has 3 nitrogen and oxygen atoms in total. The van der Waals surface area contributed by atoms with Gasteiger partial charge in [-0.05, 0) is 80.1 Å². The van der Waals surface area contributed by atoms with Crippen molar-refractivity contribution in [3.63, 3.8) is 0 Å². The van der Waals surface area contributed by atoms with E-state index in [2.05, 4.69) is 27.7 Å². The van der Waals surface area contributed by atoms with Gasteiger partial charge in [0.25, 0.3) is 0 Å². The van der Waals surface area contributed by atoms with E-state index in [4.69, 9.17) is 4.74 Å². The lowest BCUT2D eigenvalue weighted by atomic mass is 9.47. The molecule has 0 saturated heterocycles. The first-order valence-electron chi connectivity index (χ1n) is 13.8. The van der Waals surface area contributed by atoms with Crippen LogP contribution in [0.4, 0.5) is 0 Å². The maximum absolute atomic E-state index is 12.7. The van der Waals surface area contributed by atoms with Crippen LogP contribution in [-0.4, -0.2) is 17.9 Å². The number of fused-ring (bicyclic) bond motifs is 5. The zero-order valence-electron chi connectivity index (χ0n) is 21.0. The van der Waals surface area contributed by atoms with Crippen LogP contribution in [0.15, 0.2) is 11.6 Å². The molecular formula is C29H46O3. The first-order chi connectivity index (χ1) is 15.3. The van der Waals surface area contributed by atoms with Crippen LogP contribution in [-0.2, 0) is 14.3 Å². The molecule has 0 aromatic heterocycles. The summed E-state index contributed by atoms with van der Waals surface area (Å²) in [6, 6.07) is 0. The number of ketones is 1. The number of rotatable bonds is 8. The second kappa shape index (κ2) is 10.0. The van der Waals surface area contributed by atoms with E-state index in [9.17, 15) is 9.59 Å². The summed E-state index contributed by atoms with van der Waals surface area (Å²) in [5.41, 5.74) is 1.57. The van der Waals surface area contributed by atoms with Crippen LogP contribution >= 0.6 is 0 Å². The van der Waals surface area contributed by atoms with E-state index in [1.807, 2.05) is 6.08 Å². The molecule has 4 aliphatic carbocycles. The first kappa shape index (κ1) is 24.0. The Kier molecular flexibility index (Phi) is 7.52. The van der Waals surface area contributed by atoms with Crippen LogP contribution in [0.1, 0.15) is 111 Å². The normalized spacial score (nSPS) is 40.8. The summed E-state index contributed by atoms with van der Waals surface area (Å²) in [6.45, 7) is 9.53. The molecule has 4 rings (SSSR count). The molecule has 0 N–H and O–H groups in total. The fraction of sp³-hybridized carbons (Fsp3) is 0.862. The fourth-order valence-corrected chi connectivity index (χ4v) is 8.55. The molecule has 0 amide bonds. The number of esters is 1. The van der Waals surface area contributed by atoms with Crippen molar-refractivity contribution in [2.75, 3.05) is 0 Å². The van der Waals surface area contributed by atoms with Crippen molar-refractivity contribution in [2.24, 2.45) is 40.9 Å². The molecule has 0 aromatic carbocycles. The number of carbonyl (C=O) groups is 2. The highest BCUT2D eigenvalue weighted by atomic mass is 16.5. The minimum Gasteiger partial charge on any atom is -0.462 e. The number of hydrogen-bond donors (Lipinski definition) is 0. The summed E-state index contributed by atoms with van der Waals surface area (Å²) in [7, 11) is 0. The van der Waals surface area contributed by atoms with E-state index in [1.54, 1.807) is 0 Å². The molecule has 32 heavy (non-hydrogen) atoms. The molecule has 4 aliphatic rings. The van der Waals surface area contributed by atoms with Crippen molar-refractivity contribution in [1.82, 2.24) is 0 Å². The molecule has 0 aromatic rings. The Morgan fingerprint density at radius 3 is 2.56 bits per heavy atom. The lowest BCUT2D eigenvalue weighted by Crippen LogP contribution is -2.54. The van der Waals surface area contributed by atoms with Crippen LogP contribution in [0.25, 0.3) is 0 Å². The highest BCUT2D eigenvalue weighted by Gasteiger charge is 2.60. The predicted molar refractivity (Wildman–Crippen MR) is 129 cm³/mol. The second-order valence-corrected chi connectivity index (χ2v) is 12.0. The van der Waals surface area contributed by atoms with Gasteiger partial charge in [-0.25, -0.2) is 0 Å². The second-order valence-electron chi connectivity index (χ2n) is 12.0. The average Bonchev–Trinajstić information content (AvgIpc) is 3.05. The van der Waals surface area contributed by atoms with Crippen LogP contribution in [0.3, 0.4) is 0 Å². The Morgan fingerprint density at radius 2 is 1.78 bits per heavy atom. The van der Waals surface area contributed by atoms with E-state index in [1.165, 1.54) is 37.7 Å². The van der Waals surface area contributed by atoms with Crippen molar-refractivity contribution in [3.8, 4) is 0 Å². The fourth-order valence-electron chi connectivity index (χ4n) is 8.55. The number of carbonyl (C=O) groups excluding carboxylic acids is 2. The summed E-state index contributed by atoms with van der Waals surface area (Å²) in [5, 5.41) is 0. The molecule has 0 heterocycles. The summed E-state index contributed by atoms with van der Waals surface area (Å²) in [6.07, 6.45) is 16.2. The molecule has 8 atom stereocenters. The van der Waals surface area contributed by atoms with Gasteiger partial charge in [-0.1, -0.05) is 65.4 Å². The van der Waals surface area contributed by atoms with Crippen LogP contribution < -0.4 is 0 Å². The molecule has 3 heteroatoms. The quantitative estimate of drug-likeness (QED) is 0.293. The number of hydrogen-bond acceptors (Lipinski definition) is 3. The van der Waals surface area contributed by atoms with Gasteiger partial charge in [0.1, 0.15) is 6.10 Å². The lowest BCUT2D eigenvalue weighted by molar-refractivity contribution is -0.162. The zero-order chi connectivity index (χ0) is 22.9. The monoisotopic (exact) mass is 442 g/mol. The highest BCUT2D eigenvalue weighted by molar-refractivity contribution is 5.91. The lowest BCUT2D eigenvalue weighted by Gasteiger charge is -2.58. The SMILES string of the molecule is CCCCCCCCC(=O)O[C@H]1CC[C@H]2[C@H]3[C@H]([C@@H](C)C[C@]12C)[C@H]1CCC(=O)C=C1C[C@H]3C. The summed E-state index contributed by atoms with van der Waals surface area (Å²) >= 11 is 0. The third-order valence-corrected chi connectivity index (χ3v) is 9.86. The van der Waals surface area contributed by atoms with Crippen LogP contribution in [0.5, 0.6) is 0 Å². The predicted octanol–water partition coefficient (Wildman–Crippen LogP) is 7.28. The third-order valence-electron chi connectivity index (χ3n) is 9.86. The minimum atomic E-state index is 0.0369. The van der Waals surface area contributed by atoms with Gasteiger partial charge in [0, 0.05) is 18.3 Å². The van der Waals surface area contributed by atoms with Crippen molar-refractivity contribution in [3.05, 3.63) is 11.6 Å². The topological polar surface area (TPSA) is 43.4 Å². The Bertz CT molecular complexity index is 724. The Labute approximate surface area is 196 Å². The van der Waals surface area contributed by atoms with Crippen LogP contribution in [0, 0.1) is 40.9 Å². The molecule has 3 saturated carbocycles. The summed E-state index contributed by atoms with van der Waals surface area (Å²) < 4.78 is 6.20. The van der Waals surface area contributed by atoms with E-state index in [0.29, 0.717) is 47.7 Å². The van der Waals surface area contributed by atoms with Crippen molar-refractivity contribution >= 4 is 11.8 Å². The van der Waals surface area contributed by atoms with E-state index in [-0.39, 0.29) is 17.5 Å². The zero-order valence-corrected chi connectivity index (χ0v) is 21.0. The van der Waals surface area contributed by atoms with Gasteiger partial charge in [0.05, 0.1) is 0 Å². The summed E-state index contributed by atoms with van der Waals surface area (Å²) in [4.78, 5) is 24.8. The van der Waals surface area contributed by atoms with Gasteiger partial charge >= 0.3 is 5.97 Å². The molecule has 0 aliphatic heterocycles. The largest absolute Gasteiger partial charge is 0.462 e. The van der Waals surface area contributed by atoms with Gasteiger partial charge in [0.15, 0.2) is 5.78 Å². The van der Waals surface area contributed by atoms with Crippen molar-refractivity contribution in [1.29, 1.82) is 0 Å². The maximum Gasteiger partial charge on any atom is 0.306 e. The van der Waals surface area contributed by atoms with Gasteiger partial charge in [0.2, 0.25) is 0 Å². The molecule has 0 spiro atoms. The first-order valence-corrected chi connectivity index (χ1v) is 13.8. The van der Waals surface area contributed by atoms with Crippen molar-refractivity contribution < 1.29 is 14.3 Å². The summed E-state index contributed by atoms with van der Waals surface area (Å²) in [5.74, 6) is 4.31.